The van der Waals surface area contributed by atoms with E-state index in [0.717, 1.165) is 25.7 Å². The molecule has 0 amide bonds. The monoisotopic (exact) mass is 488 g/mol. The topological polar surface area (TPSA) is 91.3 Å². The first-order chi connectivity index (χ1) is 15.5. The summed E-state index contributed by atoms with van der Waals surface area (Å²) < 4.78 is 21.2. The fourth-order valence-corrected chi connectivity index (χ4v) is 2.85. The van der Waals surface area contributed by atoms with E-state index in [-0.39, 0.29) is 30.4 Å². The first kappa shape index (κ1) is 31.3. The average Bonchev–Trinajstić information content (AvgIpc) is 2.78. The Morgan fingerprint density at radius 3 is 2.21 bits per heavy atom. The molecule has 1 N–H and O–H groups in total. The molecular weight excluding hydrogens is 448 g/mol. The molecule has 1 aliphatic heterocycles. The fourth-order valence-electron chi connectivity index (χ4n) is 2.64. The third-order valence-electron chi connectivity index (χ3n) is 4.93. The SMILES string of the molecule is CCC(C)O.CCC(C)OC(C)=O.CCC1CC(C)OC(c2cc(C(=O)OC)ccc2Cl)O1. The maximum atomic E-state index is 11.6. The van der Waals surface area contributed by atoms with Gasteiger partial charge in [0.05, 0.1) is 37.1 Å². The summed E-state index contributed by atoms with van der Waals surface area (Å²) in [7, 11) is 1.35. The van der Waals surface area contributed by atoms with Crippen LogP contribution in [-0.4, -0.2) is 48.6 Å². The van der Waals surface area contributed by atoms with Crippen LogP contribution < -0.4 is 0 Å². The van der Waals surface area contributed by atoms with E-state index in [1.54, 1.807) is 25.1 Å². The lowest BCUT2D eigenvalue weighted by Gasteiger charge is -2.34. The summed E-state index contributed by atoms with van der Waals surface area (Å²) >= 11 is 6.20. The van der Waals surface area contributed by atoms with Crippen molar-refractivity contribution in [3.05, 3.63) is 34.3 Å². The van der Waals surface area contributed by atoms with Gasteiger partial charge in [-0.1, -0.05) is 32.4 Å². The van der Waals surface area contributed by atoms with Crippen molar-refractivity contribution < 1.29 is 33.6 Å². The van der Waals surface area contributed by atoms with Gasteiger partial charge in [-0.3, -0.25) is 4.79 Å². The van der Waals surface area contributed by atoms with Crippen molar-refractivity contribution >= 4 is 23.5 Å². The summed E-state index contributed by atoms with van der Waals surface area (Å²) in [6, 6.07) is 4.96. The van der Waals surface area contributed by atoms with Crippen LogP contribution in [-0.2, 0) is 23.7 Å². The van der Waals surface area contributed by atoms with Crippen molar-refractivity contribution in [3.63, 3.8) is 0 Å². The minimum absolute atomic E-state index is 0.0764. The van der Waals surface area contributed by atoms with Crippen LogP contribution in [0.1, 0.15) is 96.4 Å². The van der Waals surface area contributed by atoms with Gasteiger partial charge in [0.15, 0.2) is 6.29 Å². The minimum Gasteiger partial charge on any atom is -0.465 e. The van der Waals surface area contributed by atoms with Gasteiger partial charge in [-0.25, -0.2) is 4.79 Å². The smallest absolute Gasteiger partial charge is 0.337 e. The number of methoxy groups -OCH3 is 1. The third-order valence-corrected chi connectivity index (χ3v) is 5.27. The quantitative estimate of drug-likeness (QED) is 0.501. The second kappa shape index (κ2) is 16.9. The predicted octanol–water partition coefficient (Wildman–Crippen LogP) is 5.85. The lowest BCUT2D eigenvalue weighted by Crippen LogP contribution is -2.32. The molecule has 1 saturated heterocycles. The highest BCUT2D eigenvalue weighted by Crippen LogP contribution is 2.35. The number of carbonyl (C=O) groups excluding carboxylic acids is 2. The van der Waals surface area contributed by atoms with E-state index < -0.39 is 12.3 Å². The first-order valence-electron chi connectivity index (χ1n) is 11.5. The summed E-state index contributed by atoms with van der Waals surface area (Å²) in [5.74, 6) is -0.599. The Balaban J connectivity index is 0.000000652. The van der Waals surface area contributed by atoms with E-state index in [2.05, 4.69) is 6.92 Å². The van der Waals surface area contributed by atoms with Crippen molar-refractivity contribution in [2.45, 2.75) is 105 Å². The van der Waals surface area contributed by atoms with E-state index >= 15 is 0 Å². The van der Waals surface area contributed by atoms with Gasteiger partial charge in [-0.2, -0.15) is 0 Å². The highest BCUT2D eigenvalue weighted by atomic mass is 35.5. The number of aliphatic hydroxyl groups excluding tert-OH is 1. The van der Waals surface area contributed by atoms with Crippen LogP contribution in [0.4, 0.5) is 0 Å². The highest BCUT2D eigenvalue weighted by Gasteiger charge is 2.29. The maximum Gasteiger partial charge on any atom is 0.337 e. The van der Waals surface area contributed by atoms with Crippen LogP contribution >= 0.6 is 11.6 Å². The zero-order valence-electron chi connectivity index (χ0n) is 21.2. The van der Waals surface area contributed by atoms with E-state index in [0.29, 0.717) is 16.1 Å². The molecule has 0 saturated carbocycles. The summed E-state index contributed by atoms with van der Waals surface area (Å²) in [4.78, 5) is 21.8. The lowest BCUT2D eigenvalue weighted by atomic mass is 10.1. The average molecular weight is 489 g/mol. The molecule has 2 rings (SSSR count). The summed E-state index contributed by atoms with van der Waals surface area (Å²) in [6.45, 7) is 13.1. The van der Waals surface area contributed by atoms with Crippen LogP contribution in [0.5, 0.6) is 0 Å². The Morgan fingerprint density at radius 1 is 1.18 bits per heavy atom. The molecule has 1 fully saturated rings. The number of esters is 2. The lowest BCUT2D eigenvalue weighted by molar-refractivity contribution is -0.243. The Labute approximate surface area is 203 Å². The molecule has 5 atom stereocenters. The number of aliphatic hydroxyl groups is 1. The number of hydrogen-bond acceptors (Lipinski definition) is 7. The van der Waals surface area contributed by atoms with Crippen molar-refractivity contribution in [2.24, 2.45) is 0 Å². The van der Waals surface area contributed by atoms with Crippen molar-refractivity contribution in [1.29, 1.82) is 0 Å². The largest absolute Gasteiger partial charge is 0.465 e. The maximum absolute atomic E-state index is 11.6. The Hall–Kier alpha value is -1.67. The van der Waals surface area contributed by atoms with E-state index in [9.17, 15) is 9.59 Å². The molecule has 1 heterocycles. The molecule has 8 heteroatoms. The number of hydrogen-bond donors (Lipinski definition) is 1. The zero-order valence-corrected chi connectivity index (χ0v) is 22.0. The zero-order chi connectivity index (χ0) is 25.6. The molecule has 1 aromatic carbocycles. The van der Waals surface area contributed by atoms with Crippen molar-refractivity contribution in [3.8, 4) is 0 Å². The molecule has 7 nitrogen and oxygen atoms in total. The van der Waals surface area contributed by atoms with Crippen molar-refractivity contribution in [2.75, 3.05) is 7.11 Å². The molecule has 0 bridgehead atoms. The van der Waals surface area contributed by atoms with E-state index in [4.69, 9.17) is 35.7 Å². The van der Waals surface area contributed by atoms with Gasteiger partial charge in [0.25, 0.3) is 0 Å². The van der Waals surface area contributed by atoms with Gasteiger partial charge in [0.2, 0.25) is 0 Å². The summed E-state index contributed by atoms with van der Waals surface area (Å²) in [5, 5.41) is 8.88. The number of carbonyl (C=O) groups is 2. The second-order valence-corrected chi connectivity index (χ2v) is 8.40. The van der Waals surface area contributed by atoms with Gasteiger partial charge >= 0.3 is 11.9 Å². The molecule has 33 heavy (non-hydrogen) atoms. The molecule has 0 aliphatic carbocycles. The van der Waals surface area contributed by atoms with Crippen LogP contribution in [0.15, 0.2) is 18.2 Å². The molecule has 1 aromatic rings. The summed E-state index contributed by atoms with van der Waals surface area (Å²) in [6.07, 6.45) is 3.18. The summed E-state index contributed by atoms with van der Waals surface area (Å²) in [5.41, 5.74) is 1.10. The van der Waals surface area contributed by atoms with E-state index in [1.165, 1.54) is 14.0 Å². The highest BCUT2D eigenvalue weighted by molar-refractivity contribution is 6.31. The molecule has 1 aliphatic rings. The van der Waals surface area contributed by atoms with Gasteiger partial charge < -0.3 is 24.1 Å². The number of ether oxygens (including phenoxy) is 4. The minimum atomic E-state index is -0.541. The Kier molecular flexibility index (Phi) is 16.0. The van der Waals surface area contributed by atoms with Gasteiger partial charge in [0, 0.05) is 17.5 Å². The van der Waals surface area contributed by atoms with Gasteiger partial charge in [0.1, 0.15) is 0 Å². The second-order valence-electron chi connectivity index (χ2n) is 7.99. The van der Waals surface area contributed by atoms with Gasteiger partial charge in [-0.05, 0) is 64.7 Å². The molecule has 190 valence electrons. The molecule has 0 aromatic heterocycles. The normalized spacial score (nSPS) is 21.3. The van der Waals surface area contributed by atoms with Crippen LogP contribution in [0.2, 0.25) is 5.02 Å². The fraction of sp³-hybridized carbons (Fsp3) is 0.680. The van der Waals surface area contributed by atoms with Crippen molar-refractivity contribution in [1.82, 2.24) is 0 Å². The van der Waals surface area contributed by atoms with Crippen LogP contribution in [0, 0.1) is 0 Å². The Morgan fingerprint density at radius 2 is 1.79 bits per heavy atom. The van der Waals surface area contributed by atoms with Crippen LogP contribution in [0.25, 0.3) is 0 Å². The van der Waals surface area contributed by atoms with Crippen LogP contribution in [0.3, 0.4) is 0 Å². The van der Waals surface area contributed by atoms with Gasteiger partial charge in [-0.15, -0.1) is 0 Å². The standard InChI is InChI=1S/C15H19ClO4.C6H12O2.C4H10O/c1-4-11-7-9(2)19-15(20-11)12-8-10(14(17)18-3)5-6-13(12)16;1-4-5(2)8-6(3)7;1-3-4(2)5/h5-6,8-9,11,15H,4,7H2,1-3H3;5H,4H2,1-3H3;4-5H,3H2,1-2H3. The molecule has 0 radical (unpaired) electrons. The number of halogens is 1. The van der Waals surface area contributed by atoms with E-state index in [1.807, 2.05) is 27.7 Å². The Bertz CT molecular complexity index is 708. The third kappa shape index (κ3) is 13.0. The molecule has 5 unspecified atom stereocenters. The number of rotatable bonds is 6. The molecular formula is C25H41ClO7. The predicted molar refractivity (Wildman–Crippen MR) is 129 cm³/mol. The number of benzene rings is 1. The first-order valence-corrected chi connectivity index (χ1v) is 11.9. The molecule has 0 spiro atoms.